The number of para-hydroxylation sites is 1. The fourth-order valence-electron chi connectivity index (χ4n) is 4.14. The van der Waals surface area contributed by atoms with Crippen molar-refractivity contribution in [2.45, 2.75) is 26.3 Å². The lowest BCUT2D eigenvalue weighted by molar-refractivity contribution is -0.125. The smallest absolute Gasteiger partial charge is 0.225 e. The number of carbonyl (C=O) groups excluding carboxylic acids is 1. The summed E-state index contributed by atoms with van der Waals surface area (Å²) < 4.78 is 16.8. The minimum Gasteiger partial charge on any atom is -0.352 e. The third-order valence-corrected chi connectivity index (χ3v) is 7.07. The Kier molecular flexibility index (Phi) is 5.61. The lowest BCUT2D eigenvalue weighted by Crippen LogP contribution is -2.43. The number of fused-ring (bicyclic) bond motifs is 1. The van der Waals surface area contributed by atoms with Crippen LogP contribution in [0.15, 0.2) is 54.6 Å². The molecule has 3 heterocycles. The standard InChI is InChI=1S/C24H24FN5OS/c1-16-21-22(30(28-16)19-10-3-2-4-11-19)27-24(32-21)29-13-7-9-18(15-29)23(31)26-14-17-8-5-6-12-20(17)25/h2-6,8,10-12,18H,7,9,13-15H2,1H3,(H,26,31)/t18-/m1/s1. The van der Waals surface area contributed by atoms with Crippen LogP contribution in [-0.4, -0.2) is 33.8 Å². The van der Waals surface area contributed by atoms with Gasteiger partial charge < -0.3 is 10.2 Å². The second-order valence-electron chi connectivity index (χ2n) is 8.08. The molecule has 0 radical (unpaired) electrons. The maximum Gasteiger partial charge on any atom is 0.225 e. The van der Waals surface area contributed by atoms with Crippen LogP contribution in [0.2, 0.25) is 0 Å². The molecule has 0 saturated carbocycles. The first-order valence-corrected chi connectivity index (χ1v) is 11.6. The van der Waals surface area contributed by atoms with E-state index in [0.29, 0.717) is 12.1 Å². The molecular weight excluding hydrogens is 425 g/mol. The first-order chi connectivity index (χ1) is 15.6. The first kappa shape index (κ1) is 20.6. The Bertz CT molecular complexity index is 1250. The summed E-state index contributed by atoms with van der Waals surface area (Å²) in [6.07, 6.45) is 1.73. The largest absolute Gasteiger partial charge is 0.352 e. The van der Waals surface area contributed by atoms with Crippen molar-refractivity contribution in [2.24, 2.45) is 5.92 Å². The first-order valence-electron chi connectivity index (χ1n) is 10.8. The lowest BCUT2D eigenvalue weighted by atomic mass is 9.97. The van der Waals surface area contributed by atoms with E-state index in [-0.39, 0.29) is 24.2 Å². The minimum absolute atomic E-state index is 0.0364. The average Bonchev–Trinajstić information content (AvgIpc) is 3.40. The van der Waals surface area contributed by atoms with Gasteiger partial charge in [-0.3, -0.25) is 4.79 Å². The number of nitrogens with one attached hydrogen (secondary N) is 1. The molecule has 2 aromatic carbocycles. The molecule has 5 rings (SSSR count). The normalized spacial score (nSPS) is 16.4. The van der Waals surface area contributed by atoms with Crippen LogP contribution in [0.1, 0.15) is 24.1 Å². The summed E-state index contributed by atoms with van der Waals surface area (Å²) in [5, 5.41) is 8.48. The van der Waals surface area contributed by atoms with Crippen LogP contribution >= 0.6 is 11.3 Å². The molecule has 0 unspecified atom stereocenters. The SMILES string of the molecule is Cc1nn(-c2ccccc2)c2nc(N3CCC[C@@H](C(=O)NCc4ccccc4F)C3)sc12. The van der Waals surface area contributed by atoms with Crippen LogP contribution in [0.25, 0.3) is 16.0 Å². The highest BCUT2D eigenvalue weighted by molar-refractivity contribution is 7.22. The molecule has 0 spiro atoms. The van der Waals surface area contributed by atoms with Crippen molar-refractivity contribution in [1.29, 1.82) is 0 Å². The summed E-state index contributed by atoms with van der Waals surface area (Å²) in [6.45, 7) is 3.68. The predicted molar refractivity (Wildman–Crippen MR) is 125 cm³/mol. The molecule has 2 aromatic heterocycles. The van der Waals surface area contributed by atoms with Gasteiger partial charge in [0.1, 0.15) is 5.82 Å². The number of rotatable bonds is 5. The molecule has 1 aliphatic rings. The maximum absolute atomic E-state index is 13.9. The molecule has 1 fully saturated rings. The fourth-order valence-corrected chi connectivity index (χ4v) is 5.16. The summed E-state index contributed by atoms with van der Waals surface area (Å²) in [5.74, 6) is -0.477. The van der Waals surface area contributed by atoms with E-state index in [9.17, 15) is 9.18 Å². The molecule has 164 valence electrons. The topological polar surface area (TPSA) is 63.1 Å². The highest BCUT2D eigenvalue weighted by Crippen LogP contribution is 2.34. The number of halogens is 1. The molecule has 1 aliphatic heterocycles. The van der Waals surface area contributed by atoms with E-state index in [2.05, 4.69) is 15.3 Å². The van der Waals surface area contributed by atoms with Gasteiger partial charge in [0.25, 0.3) is 0 Å². The summed E-state index contributed by atoms with van der Waals surface area (Å²) in [5.41, 5.74) is 3.27. The van der Waals surface area contributed by atoms with E-state index >= 15 is 0 Å². The van der Waals surface area contributed by atoms with Gasteiger partial charge >= 0.3 is 0 Å². The van der Waals surface area contributed by atoms with Gasteiger partial charge in [-0.05, 0) is 38.0 Å². The van der Waals surface area contributed by atoms with Gasteiger partial charge in [-0.2, -0.15) is 10.1 Å². The van der Waals surface area contributed by atoms with Crippen LogP contribution in [0.4, 0.5) is 9.52 Å². The highest BCUT2D eigenvalue weighted by atomic mass is 32.1. The highest BCUT2D eigenvalue weighted by Gasteiger charge is 2.28. The molecule has 32 heavy (non-hydrogen) atoms. The molecule has 1 saturated heterocycles. The summed E-state index contributed by atoms with van der Waals surface area (Å²) in [7, 11) is 0. The molecule has 8 heteroatoms. The van der Waals surface area contributed by atoms with E-state index in [1.807, 2.05) is 41.9 Å². The van der Waals surface area contributed by atoms with Crippen LogP contribution in [0, 0.1) is 18.7 Å². The Balaban J connectivity index is 1.32. The van der Waals surface area contributed by atoms with Crippen molar-refractivity contribution in [2.75, 3.05) is 18.0 Å². The van der Waals surface area contributed by atoms with Crippen molar-refractivity contribution >= 4 is 32.7 Å². The maximum atomic E-state index is 13.9. The van der Waals surface area contributed by atoms with E-state index in [0.717, 1.165) is 46.2 Å². The van der Waals surface area contributed by atoms with Gasteiger partial charge in [0.05, 0.1) is 22.0 Å². The van der Waals surface area contributed by atoms with Crippen molar-refractivity contribution < 1.29 is 9.18 Å². The van der Waals surface area contributed by atoms with E-state index < -0.39 is 0 Å². The summed E-state index contributed by atoms with van der Waals surface area (Å²) in [6, 6.07) is 16.5. The zero-order chi connectivity index (χ0) is 22.1. The summed E-state index contributed by atoms with van der Waals surface area (Å²) in [4.78, 5) is 19.9. The minimum atomic E-state index is -0.296. The number of aromatic nitrogens is 3. The predicted octanol–water partition coefficient (Wildman–Crippen LogP) is 4.46. The molecule has 1 N–H and O–H groups in total. The number of aryl methyl sites for hydroxylation is 1. The van der Waals surface area contributed by atoms with Gasteiger partial charge in [0, 0.05) is 25.2 Å². The molecule has 1 atom stereocenters. The number of carbonyl (C=O) groups is 1. The van der Waals surface area contributed by atoms with Gasteiger partial charge in [-0.15, -0.1) is 0 Å². The molecule has 0 bridgehead atoms. The molecule has 4 aromatic rings. The van der Waals surface area contributed by atoms with Crippen LogP contribution in [0.5, 0.6) is 0 Å². The van der Waals surface area contributed by atoms with Gasteiger partial charge in [0.2, 0.25) is 5.91 Å². The number of amides is 1. The number of hydrogen-bond donors (Lipinski definition) is 1. The van der Waals surface area contributed by atoms with Gasteiger partial charge in [-0.25, -0.2) is 9.07 Å². The second-order valence-corrected chi connectivity index (χ2v) is 9.05. The Morgan fingerprint density at radius 3 is 2.78 bits per heavy atom. The Hall–Kier alpha value is -3.26. The second kappa shape index (κ2) is 8.70. The van der Waals surface area contributed by atoms with Crippen molar-refractivity contribution in [3.63, 3.8) is 0 Å². The Morgan fingerprint density at radius 1 is 1.19 bits per heavy atom. The summed E-state index contributed by atoms with van der Waals surface area (Å²) >= 11 is 1.62. The van der Waals surface area contributed by atoms with E-state index in [4.69, 9.17) is 4.98 Å². The number of anilines is 1. The van der Waals surface area contributed by atoms with Crippen molar-refractivity contribution in [3.8, 4) is 5.69 Å². The number of thiazole rings is 1. The quantitative estimate of drug-likeness (QED) is 0.489. The van der Waals surface area contributed by atoms with Crippen LogP contribution in [0.3, 0.4) is 0 Å². The molecule has 1 amide bonds. The lowest BCUT2D eigenvalue weighted by Gasteiger charge is -2.31. The third-order valence-electron chi connectivity index (χ3n) is 5.85. The zero-order valence-electron chi connectivity index (χ0n) is 17.8. The monoisotopic (exact) mass is 449 g/mol. The average molecular weight is 450 g/mol. The number of hydrogen-bond acceptors (Lipinski definition) is 5. The molecule has 6 nitrogen and oxygen atoms in total. The Morgan fingerprint density at radius 2 is 1.97 bits per heavy atom. The third kappa shape index (κ3) is 3.98. The zero-order valence-corrected chi connectivity index (χ0v) is 18.6. The van der Waals surface area contributed by atoms with Crippen LogP contribution in [-0.2, 0) is 11.3 Å². The van der Waals surface area contributed by atoms with Gasteiger partial charge in [0.15, 0.2) is 10.8 Å². The number of benzene rings is 2. The van der Waals surface area contributed by atoms with Gasteiger partial charge in [-0.1, -0.05) is 47.7 Å². The number of nitrogens with zero attached hydrogens (tertiary/aromatic N) is 4. The fraction of sp³-hybridized carbons (Fsp3) is 0.292. The van der Waals surface area contributed by atoms with E-state index in [1.54, 1.807) is 29.5 Å². The molecular formula is C24H24FN5OS. The Labute approximate surface area is 189 Å². The van der Waals surface area contributed by atoms with Crippen molar-refractivity contribution in [1.82, 2.24) is 20.1 Å². The van der Waals surface area contributed by atoms with Crippen molar-refractivity contribution in [3.05, 3.63) is 71.7 Å². The molecule has 0 aliphatic carbocycles. The van der Waals surface area contributed by atoms with E-state index in [1.165, 1.54) is 6.07 Å². The number of piperidine rings is 1. The van der Waals surface area contributed by atoms with Crippen LogP contribution < -0.4 is 10.2 Å².